The number of para-hydroxylation sites is 2. The molecule has 6 nitrogen and oxygen atoms in total. The first-order chi connectivity index (χ1) is 15.7. The number of rotatable bonds is 8. The molecule has 0 unspecified atom stereocenters. The lowest BCUT2D eigenvalue weighted by Gasteiger charge is -2.24. The van der Waals surface area contributed by atoms with Gasteiger partial charge in [-0.15, -0.1) is 0 Å². The van der Waals surface area contributed by atoms with E-state index in [1.807, 2.05) is 31.2 Å². The molecule has 2 heterocycles. The van der Waals surface area contributed by atoms with Crippen molar-refractivity contribution in [2.24, 2.45) is 0 Å². The highest BCUT2D eigenvalue weighted by Gasteiger charge is 2.19. The van der Waals surface area contributed by atoms with Crippen LogP contribution in [0.1, 0.15) is 23.9 Å². The minimum absolute atomic E-state index is 0.264. The van der Waals surface area contributed by atoms with Gasteiger partial charge in [0.2, 0.25) is 6.79 Å². The van der Waals surface area contributed by atoms with Gasteiger partial charge in [0.25, 0.3) is 0 Å². The molecule has 1 aliphatic rings. The Morgan fingerprint density at radius 1 is 0.938 bits per heavy atom. The van der Waals surface area contributed by atoms with E-state index in [0.717, 1.165) is 40.5 Å². The molecule has 1 atom stereocenters. The van der Waals surface area contributed by atoms with Crippen molar-refractivity contribution in [3.8, 4) is 11.5 Å². The summed E-state index contributed by atoms with van der Waals surface area (Å²) in [7, 11) is 0. The van der Waals surface area contributed by atoms with E-state index in [-0.39, 0.29) is 6.79 Å². The highest BCUT2D eigenvalue weighted by molar-refractivity contribution is 5.76. The van der Waals surface area contributed by atoms with Gasteiger partial charge >= 0.3 is 0 Å². The molecule has 32 heavy (non-hydrogen) atoms. The van der Waals surface area contributed by atoms with Crippen LogP contribution in [0.25, 0.3) is 11.0 Å². The zero-order valence-corrected chi connectivity index (χ0v) is 18.1. The Bertz CT molecular complexity index is 1200. The van der Waals surface area contributed by atoms with Crippen LogP contribution in [0.3, 0.4) is 0 Å². The molecule has 0 saturated heterocycles. The first-order valence-corrected chi connectivity index (χ1v) is 10.9. The Labute approximate surface area is 187 Å². The number of hydrogen-bond acceptors (Lipinski definition) is 5. The van der Waals surface area contributed by atoms with E-state index in [0.29, 0.717) is 19.6 Å². The molecule has 0 amide bonds. The number of aromatic nitrogens is 2. The second-order valence-corrected chi connectivity index (χ2v) is 8.29. The third kappa shape index (κ3) is 4.47. The smallest absolute Gasteiger partial charge is 0.231 e. The van der Waals surface area contributed by atoms with Gasteiger partial charge in [-0.2, -0.15) is 0 Å². The van der Waals surface area contributed by atoms with Crippen LogP contribution in [0.5, 0.6) is 11.5 Å². The number of aliphatic hydroxyl groups excluding tert-OH is 1. The Kier molecular flexibility index (Phi) is 5.79. The van der Waals surface area contributed by atoms with Crippen molar-refractivity contribution in [3.05, 3.63) is 89.7 Å². The van der Waals surface area contributed by atoms with Crippen LogP contribution in [-0.4, -0.2) is 39.0 Å². The fourth-order valence-electron chi connectivity index (χ4n) is 4.24. The SMILES string of the molecule is C[C@H](O)CN(Cc1ccc2c(c1)OCO2)Cc1nc2ccccc2n1Cc1ccccc1. The van der Waals surface area contributed by atoms with E-state index in [2.05, 4.69) is 58.0 Å². The summed E-state index contributed by atoms with van der Waals surface area (Å²) >= 11 is 0. The fraction of sp³-hybridized carbons (Fsp3) is 0.269. The number of imidazole rings is 1. The van der Waals surface area contributed by atoms with Crippen LogP contribution in [0.2, 0.25) is 0 Å². The minimum atomic E-state index is -0.448. The second kappa shape index (κ2) is 9.02. The normalized spacial score (nSPS) is 13.7. The van der Waals surface area contributed by atoms with Crippen molar-refractivity contribution >= 4 is 11.0 Å². The van der Waals surface area contributed by atoms with Crippen molar-refractivity contribution in [2.45, 2.75) is 32.7 Å². The summed E-state index contributed by atoms with van der Waals surface area (Å²) in [5, 5.41) is 10.2. The molecular weight excluding hydrogens is 402 g/mol. The molecule has 1 N–H and O–H groups in total. The number of nitrogens with zero attached hydrogens (tertiary/aromatic N) is 3. The maximum atomic E-state index is 10.2. The molecule has 5 rings (SSSR count). The molecule has 1 aliphatic heterocycles. The highest BCUT2D eigenvalue weighted by Crippen LogP contribution is 2.33. The topological polar surface area (TPSA) is 59.8 Å². The zero-order valence-electron chi connectivity index (χ0n) is 18.1. The van der Waals surface area contributed by atoms with Crippen LogP contribution < -0.4 is 9.47 Å². The first-order valence-electron chi connectivity index (χ1n) is 10.9. The van der Waals surface area contributed by atoms with E-state index >= 15 is 0 Å². The lowest BCUT2D eigenvalue weighted by atomic mass is 10.1. The van der Waals surface area contributed by atoms with Gasteiger partial charge in [-0.1, -0.05) is 48.5 Å². The molecule has 0 saturated carbocycles. The van der Waals surface area contributed by atoms with Gasteiger partial charge in [0.15, 0.2) is 11.5 Å². The Hall–Kier alpha value is -3.35. The standard InChI is InChI=1S/C26H27N3O3/c1-19(30)14-28(15-21-11-12-24-25(13-21)32-18-31-24)17-26-27-22-9-5-6-10-23(22)29(26)16-20-7-3-2-4-8-20/h2-13,19,30H,14-18H2,1H3/t19-/m0/s1. The fourth-order valence-corrected chi connectivity index (χ4v) is 4.24. The number of hydrogen-bond donors (Lipinski definition) is 1. The molecule has 0 fully saturated rings. The molecule has 1 aromatic heterocycles. The van der Waals surface area contributed by atoms with Crippen molar-refractivity contribution in [1.29, 1.82) is 0 Å². The van der Waals surface area contributed by atoms with Crippen LogP contribution in [0.15, 0.2) is 72.8 Å². The van der Waals surface area contributed by atoms with Gasteiger partial charge in [-0.25, -0.2) is 4.98 Å². The third-order valence-electron chi connectivity index (χ3n) is 5.65. The number of fused-ring (bicyclic) bond motifs is 2. The molecule has 4 aromatic rings. The van der Waals surface area contributed by atoms with Crippen molar-refractivity contribution in [1.82, 2.24) is 14.5 Å². The monoisotopic (exact) mass is 429 g/mol. The van der Waals surface area contributed by atoms with E-state index in [1.165, 1.54) is 5.56 Å². The molecule has 0 radical (unpaired) electrons. The summed E-state index contributed by atoms with van der Waals surface area (Å²) in [6, 6.07) is 24.7. The minimum Gasteiger partial charge on any atom is -0.454 e. The predicted molar refractivity (Wildman–Crippen MR) is 124 cm³/mol. The van der Waals surface area contributed by atoms with Gasteiger partial charge in [0.1, 0.15) is 5.82 Å². The molecule has 6 heteroatoms. The first kappa shape index (κ1) is 20.5. The third-order valence-corrected chi connectivity index (χ3v) is 5.65. The maximum Gasteiger partial charge on any atom is 0.231 e. The average molecular weight is 430 g/mol. The van der Waals surface area contributed by atoms with Gasteiger partial charge < -0.3 is 19.1 Å². The Morgan fingerprint density at radius 3 is 2.56 bits per heavy atom. The van der Waals surface area contributed by atoms with Gasteiger partial charge in [-0.05, 0) is 42.3 Å². The second-order valence-electron chi connectivity index (χ2n) is 8.29. The van der Waals surface area contributed by atoms with Crippen LogP contribution in [-0.2, 0) is 19.6 Å². The summed E-state index contributed by atoms with van der Waals surface area (Å²) in [5.74, 6) is 2.53. The summed E-state index contributed by atoms with van der Waals surface area (Å²) in [6.45, 7) is 4.68. The van der Waals surface area contributed by atoms with Crippen molar-refractivity contribution in [2.75, 3.05) is 13.3 Å². The Balaban J connectivity index is 1.45. The summed E-state index contributed by atoms with van der Waals surface area (Å²) in [4.78, 5) is 7.18. The van der Waals surface area contributed by atoms with Crippen LogP contribution >= 0.6 is 0 Å². The van der Waals surface area contributed by atoms with Gasteiger partial charge in [0, 0.05) is 19.6 Å². The molecular formula is C26H27N3O3. The zero-order chi connectivity index (χ0) is 21.9. The maximum absolute atomic E-state index is 10.2. The summed E-state index contributed by atoms with van der Waals surface area (Å²) in [5.41, 5.74) is 4.44. The number of ether oxygens (including phenoxy) is 2. The lowest BCUT2D eigenvalue weighted by molar-refractivity contribution is 0.116. The summed E-state index contributed by atoms with van der Waals surface area (Å²) < 4.78 is 13.3. The van der Waals surface area contributed by atoms with E-state index in [4.69, 9.17) is 14.5 Å². The highest BCUT2D eigenvalue weighted by atomic mass is 16.7. The van der Waals surface area contributed by atoms with Crippen molar-refractivity contribution < 1.29 is 14.6 Å². The molecule has 3 aromatic carbocycles. The molecule has 0 spiro atoms. The predicted octanol–water partition coefficient (Wildman–Crippen LogP) is 4.20. The quantitative estimate of drug-likeness (QED) is 0.455. The molecule has 164 valence electrons. The van der Waals surface area contributed by atoms with Crippen LogP contribution in [0.4, 0.5) is 0 Å². The van der Waals surface area contributed by atoms with Crippen LogP contribution in [0, 0.1) is 0 Å². The Morgan fingerprint density at radius 2 is 1.72 bits per heavy atom. The van der Waals surface area contributed by atoms with E-state index in [1.54, 1.807) is 0 Å². The summed E-state index contributed by atoms with van der Waals surface area (Å²) in [6.07, 6.45) is -0.448. The lowest BCUT2D eigenvalue weighted by Crippen LogP contribution is -2.31. The number of benzene rings is 3. The molecule has 0 aliphatic carbocycles. The van der Waals surface area contributed by atoms with Gasteiger partial charge in [0.05, 0.1) is 23.7 Å². The number of aliphatic hydroxyl groups is 1. The largest absolute Gasteiger partial charge is 0.454 e. The van der Waals surface area contributed by atoms with E-state index in [9.17, 15) is 5.11 Å². The molecule has 0 bridgehead atoms. The van der Waals surface area contributed by atoms with Crippen molar-refractivity contribution in [3.63, 3.8) is 0 Å². The average Bonchev–Trinajstić information content (AvgIpc) is 3.38. The van der Waals surface area contributed by atoms with E-state index < -0.39 is 6.10 Å². The van der Waals surface area contributed by atoms with Gasteiger partial charge in [-0.3, -0.25) is 4.90 Å².